The van der Waals surface area contributed by atoms with Crippen LogP contribution in [0, 0.1) is 0 Å². The minimum absolute atomic E-state index is 0.184. The highest BCUT2D eigenvalue weighted by Gasteiger charge is 2.26. The number of fused-ring (bicyclic) bond motifs is 7. The van der Waals surface area contributed by atoms with Crippen LogP contribution >= 0.6 is 0 Å². The molecule has 2 aliphatic heterocycles. The Morgan fingerprint density at radius 1 is 1.11 bits per heavy atom. The fraction of sp³-hybridized carbons (Fsp3) is 0.333. The topological polar surface area (TPSA) is 101 Å². The van der Waals surface area contributed by atoms with Gasteiger partial charge in [0.1, 0.15) is 11.0 Å². The quantitative estimate of drug-likeness (QED) is 0.422. The van der Waals surface area contributed by atoms with Gasteiger partial charge in [-0.05, 0) is 68.6 Å². The molecule has 0 aliphatic carbocycles. The maximum atomic E-state index is 13.3. The summed E-state index contributed by atoms with van der Waals surface area (Å²) < 4.78 is 3.34. The predicted octanol–water partition coefficient (Wildman–Crippen LogP) is 3.27. The zero-order valence-corrected chi connectivity index (χ0v) is 20.5. The number of anilines is 2. The van der Waals surface area contributed by atoms with E-state index in [2.05, 4.69) is 34.4 Å². The van der Waals surface area contributed by atoms with Crippen molar-refractivity contribution in [2.75, 3.05) is 18.9 Å². The van der Waals surface area contributed by atoms with Crippen LogP contribution < -0.4 is 10.9 Å². The number of rotatable bonds is 2. The first kappa shape index (κ1) is 22.6. The van der Waals surface area contributed by atoms with E-state index in [-0.39, 0.29) is 5.56 Å². The lowest BCUT2D eigenvalue weighted by Gasteiger charge is -2.25. The third kappa shape index (κ3) is 4.00. The Balaban J connectivity index is 1.46. The molecule has 2 N–H and O–H groups in total. The van der Waals surface area contributed by atoms with Crippen molar-refractivity contribution >= 4 is 22.7 Å². The molecule has 9 heteroatoms. The summed E-state index contributed by atoms with van der Waals surface area (Å²) in [6, 6.07) is 11.8. The molecule has 184 valence electrons. The van der Waals surface area contributed by atoms with Crippen molar-refractivity contribution < 1.29 is 5.11 Å². The van der Waals surface area contributed by atoms with E-state index >= 15 is 0 Å². The molecule has 4 aromatic rings. The lowest BCUT2D eigenvalue weighted by atomic mass is 9.95. The van der Waals surface area contributed by atoms with Crippen molar-refractivity contribution in [3.8, 4) is 5.82 Å². The van der Waals surface area contributed by atoms with E-state index in [4.69, 9.17) is 9.97 Å². The Kier molecular flexibility index (Phi) is 5.46. The summed E-state index contributed by atoms with van der Waals surface area (Å²) in [6.45, 7) is 4.11. The second-order valence-electron chi connectivity index (χ2n) is 9.89. The molecule has 0 saturated heterocycles. The summed E-state index contributed by atoms with van der Waals surface area (Å²) >= 11 is 0. The number of hydrogen-bond acceptors (Lipinski definition) is 7. The van der Waals surface area contributed by atoms with E-state index in [1.165, 1.54) is 11.1 Å². The summed E-state index contributed by atoms with van der Waals surface area (Å²) in [7, 11) is 2.13. The highest BCUT2D eigenvalue weighted by atomic mass is 16.3. The fourth-order valence-electron chi connectivity index (χ4n) is 5.02. The molecular formula is C27H29N7O2. The van der Waals surface area contributed by atoms with E-state index in [9.17, 15) is 9.90 Å². The molecule has 0 fully saturated rings. The normalized spacial score (nSPS) is 20.9. The monoisotopic (exact) mass is 483 g/mol. The van der Waals surface area contributed by atoms with Crippen LogP contribution in [0.2, 0.25) is 0 Å². The van der Waals surface area contributed by atoms with Gasteiger partial charge in [-0.25, -0.2) is 19.3 Å². The van der Waals surface area contributed by atoms with Crippen LogP contribution in [0.3, 0.4) is 0 Å². The highest BCUT2D eigenvalue weighted by molar-refractivity contribution is 5.77. The second-order valence-corrected chi connectivity index (χ2v) is 9.89. The minimum Gasteiger partial charge on any atom is -0.384 e. The van der Waals surface area contributed by atoms with Gasteiger partial charge in [0.25, 0.3) is 5.56 Å². The zero-order chi connectivity index (χ0) is 24.9. The largest absolute Gasteiger partial charge is 0.384 e. The Bertz CT molecular complexity index is 1550. The number of pyridine rings is 1. The third-order valence-corrected chi connectivity index (χ3v) is 7.09. The molecular weight excluding hydrogens is 454 g/mol. The average molecular weight is 484 g/mol. The Hall–Kier alpha value is -3.82. The fourth-order valence-corrected chi connectivity index (χ4v) is 5.02. The van der Waals surface area contributed by atoms with Crippen molar-refractivity contribution in [1.29, 1.82) is 0 Å². The minimum atomic E-state index is -1.08. The third-order valence-electron chi connectivity index (χ3n) is 7.09. The molecule has 6 rings (SSSR count). The van der Waals surface area contributed by atoms with Crippen molar-refractivity contribution in [3.63, 3.8) is 0 Å². The summed E-state index contributed by atoms with van der Waals surface area (Å²) in [5.74, 6) is 0.928. The van der Waals surface area contributed by atoms with Gasteiger partial charge in [-0.15, -0.1) is 0 Å². The van der Waals surface area contributed by atoms with Crippen LogP contribution in [0.15, 0.2) is 59.5 Å². The summed E-state index contributed by atoms with van der Waals surface area (Å²) in [6.07, 6.45) is 7.76. The van der Waals surface area contributed by atoms with E-state index in [0.717, 1.165) is 25.2 Å². The highest BCUT2D eigenvalue weighted by Crippen LogP contribution is 2.27. The van der Waals surface area contributed by atoms with Crippen LogP contribution in [0.25, 0.3) is 16.9 Å². The lowest BCUT2D eigenvalue weighted by molar-refractivity contribution is 0.0443. The molecule has 0 amide bonds. The van der Waals surface area contributed by atoms with Crippen LogP contribution in [0.1, 0.15) is 36.6 Å². The first-order valence-electron chi connectivity index (χ1n) is 12.3. The molecule has 0 spiro atoms. The van der Waals surface area contributed by atoms with Crippen LogP contribution in [0.4, 0.5) is 11.6 Å². The van der Waals surface area contributed by atoms with Gasteiger partial charge in [0.05, 0.1) is 12.2 Å². The van der Waals surface area contributed by atoms with Gasteiger partial charge in [0.15, 0.2) is 11.5 Å². The molecule has 0 saturated carbocycles. The first-order chi connectivity index (χ1) is 17.4. The average Bonchev–Trinajstić information content (AvgIpc) is 3.13. The molecule has 3 aromatic heterocycles. The first-order valence-corrected chi connectivity index (χ1v) is 12.3. The Labute approximate surface area is 208 Å². The number of aliphatic hydroxyl groups is 1. The summed E-state index contributed by atoms with van der Waals surface area (Å²) in [5.41, 5.74) is 3.32. The maximum absolute atomic E-state index is 13.3. The SMILES string of the molecule is CN1CCc2ccc(Nc3ncc4c(=O)n5n(c4n3)-c3cccc(n3)[C@@](C)(O)CC/C=C\C5)cc2C1. The molecule has 1 atom stereocenters. The van der Waals surface area contributed by atoms with Crippen LogP contribution in [0.5, 0.6) is 0 Å². The van der Waals surface area contributed by atoms with E-state index < -0.39 is 5.60 Å². The Morgan fingerprint density at radius 3 is 2.89 bits per heavy atom. The number of allylic oxidation sites excluding steroid dienone is 2. The Morgan fingerprint density at radius 2 is 2.00 bits per heavy atom. The summed E-state index contributed by atoms with van der Waals surface area (Å²) in [5, 5.41) is 14.7. The lowest BCUT2D eigenvalue weighted by Crippen LogP contribution is -2.26. The van der Waals surface area contributed by atoms with Gasteiger partial charge in [-0.3, -0.25) is 4.79 Å². The number of nitrogens with zero attached hydrogens (tertiary/aromatic N) is 6. The van der Waals surface area contributed by atoms with Gasteiger partial charge in [-0.1, -0.05) is 24.3 Å². The van der Waals surface area contributed by atoms with Gasteiger partial charge >= 0.3 is 0 Å². The van der Waals surface area contributed by atoms with E-state index in [1.807, 2.05) is 36.4 Å². The van der Waals surface area contributed by atoms with Crippen molar-refractivity contribution in [2.45, 2.75) is 44.9 Å². The predicted molar refractivity (Wildman–Crippen MR) is 139 cm³/mol. The zero-order valence-electron chi connectivity index (χ0n) is 20.5. The number of aromatic nitrogens is 5. The van der Waals surface area contributed by atoms with Gasteiger partial charge in [-0.2, -0.15) is 4.98 Å². The smallest absolute Gasteiger partial charge is 0.278 e. The van der Waals surface area contributed by atoms with Crippen LogP contribution in [-0.4, -0.2) is 47.9 Å². The molecule has 0 radical (unpaired) electrons. The standard InChI is InChI=1S/C27H29N7O2/c1-27(36)12-4-3-5-13-33-25(35)21-16-28-26(31-24(21)34(33)23-8-6-7-22(27)30-23)29-20-10-9-18-11-14-32(2)17-19(18)15-20/h3,5-10,15-16,36H,4,11-14,17H2,1-2H3,(H,28,29,31)/b5-3-/t27-/m0/s1. The van der Waals surface area contributed by atoms with Crippen molar-refractivity contribution in [3.05, 3.63) is 81.9 Å². The van der Waals surface area contributed by atoms with E-state index in [1.54, 1.807) is 22.5 Å². The summed E-state index contributed by atoms with van der Waals surface area (Å²) in [4.78, 5) is 29.6. The maximum Gasteiger partial charge on any atom is 0.278 e. The molecule has 36 heavy (non-hydrogen) atoms. The number of nitrogens with one attached hydrogen (secondary N) is 1. The van der Waals surface area contributed by atoms with Crippen LogP contribution in [-0.2, 0) is 25.1 Å². The second kappa shape index (κ2) is 8.69. The molecule has 5 heterocycles. The molecule has 9 nitrogen and oxygen atoms in total. The molecule has 2 aliphatic rings. The molecule has 1 aromatic carbocycles. The number of benzene rings is 1. The number of likely N-dealkylation sites (N-methyl/N-ethyl adjacent to an activating group) is 1. The van der Waals surface area contributed by atoms with Gasteiger partial charge in [0, 0.05) is 25.0 Å². The number of hydrogen-bond donors (Lipinski definition) is 2. The van der Waals surface area contributed by atoms with Crippen molar-refractivity contribution in [2.24, 2.45) is 0 Å². The van der Waals surface area contributed by atoms with E-state index in [0.29, 0.717) is 47.9 Å². The van der Waals surface area contributed by atoms with Crippen molar-refractivity contribution in [1.82, 2.24) is 29.2 Å². The van der Waals surface area contributed by atoms with Gasteiger partial charge < -0.3 is 15.3 Å². The van der Waals surface area contributed by atoms with Gasteiger partial charge in [0.2, 0.25) is 5.95 Å². The molecule has 2 bridgehead atoms. The molecule has 0 unspecified atom stereocenters.